The molecule has 0 radical (unpaired) electrons. The van der Waals surface area contributed by atoms with Crippen LogP contribution in [0.1, 0.15) is 44.2 Å². The quantitative estimate of drug-likeness (QED) is 0.533. The van der Waals surface area contributed by atoms with Crippen LogP contribution in [0.15, 0.2) is 48.5 Å². The second-order valence-corrected chi connectivity index (χ2v) is 9.95. The monoisotopic (exact) mass is 480 g/mol. The largest absolute Gasteiger partial charge is 0.481 e. The van der Waals surface area contributed by atoms with Gasteiger partial charge in [-0.15, -0.1) is 0 Å². The molecule has 8 nitrogen and oxygen atoms in total. The molecule has 1 aliphatic heterocycles. The van der Waals surface area contributed by atoms with Crippen molar-refractivity contribution in [3.05, 3.63) is 59.7 Å². The Kier molecular flexibility index (Phi) is 7.12. The first-order valence-electron chi connectivity index (χ1n) is 11.9. The molecule has 2 amide bonds. The second kappa shape index (κ2) is 10.1. The SMILES string of the molecule is CC(C)CC(NC(=O)OCC1c2ccccc2-c2ccccc21)C(=O)NC1COCC1(C)C(=O)O. The van der Waals surface area contributed by atoms with E-state index in [0.29, 0.717) is 6.42 Å². The number of carboxylic acids is 1. The fraction of sp³-hybridized carbons (Fsp3) is 0.444. The number of ether oxygens (including phenoxy) is 2. The number of rotatable bonds is 8. The lowest BCUT2D eigenvalue weighted by molar-refractivity contribution is -0.149. The van der Waals surface area contributed by atoms with Crippen molar-refractivity contribution < 1.29 is 29.0 Å². The van der Waals surface area contributed by atoms with Gasteiger partial charge < -0.3 is 25.2 Å². The van der Waals surface area contributed by atoms with Gasteiger partial charge in [-0.2, -0.15) is 0 Å². The first-order valence-corrected chi connectivity index (χ1v) is 11.9. The molecule has 1 fully saturated rings. The molecule has 1 saturated heterocycles. The van der Waals surface area contributed by atoms with Crippen molar-refractivity contribution in [3.8, 4) is 11.1 Å². The molecule has 0 saturated carbocycles. The van der Waals surface area contributed by atoms with Gasteiger partial charge in [0.2, 0.25) is 5.91 Å². The number of hydrogen-bond acceptors (Lipinski definition) is 5. The van der Waals surface area contributed by atoms with Crippen molar-refractivity contribution in [2.24, 2.45) is 11.3 Å². The number of aliphatic carboxylic acids is 1. The number of fused-ring (bicyclic) bond motifs is 3. The van der Waals surface area contributed by atoms with Gasteiger partial charge in [-0.05, 0) is 41.5 Å². The molecule has 0 bridgehead atoms. The van der Waals surface area contributed by atoms with E-state index in [9.17, 15) is 19.5 Å². The van der Waals surface area contributed by atoms with Gasteiger partial charge in [-0.25, -0.2) is 4.79 Å². The van der Waals surface area contributed by atoms with Gasteiger partial charge in [-0.3, -0.25) is 9.59 Å². The molecule has 3 unspecified atom stereocenters. The molecular weight excluding hydrogens is 448 g/mol. The Labute approximate surface area is 205 Å². The van der Waals surface area contributed by atoms with Crippen LogP contribution in [0.2, 0.25) is 0 Å². The first-order chi connectivity index (χ1) is 16.7. The number of carbonyl (C=O) groups excluding carboxylic acids is 2. The smallest absolute Gasteiger partial charge is 0.407 e. The fourth-order valence-electron chi connectivity index (χ4n) is 4.84. The molecule has 0 aromatic heterocycles. The molecule has 1 aliphatic carbocycles. The van der Waals surface area contributed by atoms with E-state index in [1.165, 1.54) is 0 Å². The van der Waals surface area contributed by atoms with Crippen molar-refractivity contribution in [3.63, 3.8) is 0 Å². The van der Waals surface area contributed by atoms with E-state index in [2.05, 4.69) is 22.8 Å². The summed E-state index contributed by atoms with van der Waals surface area (Å²) in [6, 6.07) is 14.6. The predicted octanol–water partition coefficient (Wildman–Crippen LogP) is 3.55. The van der Waals surface area contributed by atoms with E-state index in [-0.39, 0.29) is 31.7 Å². The van der Waals surface area contributed by atoms with Gasteiger partial charge in [0.1, 0.15) is 18.1 Å². The van der Waals surface area contributed by atoms with Crippen LogP contribution in [-0.2, 0) is 19.1 Å². The standard InChI is InChI=1S/C27H32N2O6/c1-16(2)12-22(24(30)29-23-14-34-15-27(23,3)25(31)32)28-26(33)35-13-21-19-10-6-4-8-17(19)18-9-5-7-11-20(18)21/h4-11,16,21-23H,12-15H2,1-3H3,(H,28,33)(H,29,30)(H,31,32). The normalized spacial score (nSPS) is 21.8. The number of hydrogen-bond donors (Lipinski definition) is 3. The minimum Gasteiger partial charge on any atom is -0.481 e. The summed E-state index contributed by atoms with van der Waals surface area (Å²) in [4.78, 5) is 37.5. The minimum atomic E-state index is -1.22. The molecule has 186 valence electrons. The lowest BCUT2D eigenvalue weighted by Crippen LogP contribution is -2.55. The summed E-state index contributed by atoms with van der Waals surface area (Å²) < 4.78 is 10.9. The van der Waals surface area contributed by atoms with Gasteiger partial charge in [-0.1, -0.05) is 62.4 Å². The van der Waals surface area contributed by atoms with Gasteiger partial charge in [0.05, 0.1) is 19.3 Å². The van der Waals surface area contributed by atoms with Crippen LogP contribution >= 0.6 is 0 Å². The highest BCUT2D eigenvalue weighted by molar-refractivity contribution is 5.87. The summed E-state index contributed by atoms with van der Waals surface area (Å²) in [6.45, 7) is 5.70. The number of nitrogens with one attached hydrogen (secondary N) is 2. The third kappa shape index (κ3) is 5.03. The molecular formula is C27H32N2O6. The van der Waals surface area contributed by atoms with Crippen LogP contribution < -0.4 is 10.6 Å². The average molecular weight is 481 g/mol. The van der Waals surface area contributed by atoms with Gasteiger partial charge in [0.15, 0.2) is 0 Å². The Morgan fingerprint density at radius 3 is 2.26 bits per heavy atom. The van der Waals surface area contributed by atoms with Crippen LogP contribution in [0.25, 0.3) is 11.1 Å². The molecule has 8 heteroatoms. The summed E-state index contributed by atoms with van der Waals surface area (Å²) in [7, 11) is 0. The van der Waals surface area contributed by atoms with E-state index >= 15 is 0 Å². The highest BCUT2D eigenvalue weighted by Crippen LogP contribution is 2.44. The lowest BCUT2D eigenvalue weighted by atomic mass is 9.85. The van der Waals surface area contributed by atoms with Crippen molar-refractivity contribution in [2.45, 2.75) is 45.2 Å². The van der Waals surface area contributed by atoms with Crippen LogP contribution in [0.5, 0.6) is 0 Å². The number of carboxylic acid groups (broad SMARTS) is 1. The van der Waals surface area contributed by atoms with Crippen molar-refractivity contribution in [1.29, 1.82) is 0 Å². The van der Waals surface area contributed by atoms with Crippen LogP contribution in [0.4, 0.5) is 4.79 Å². The van der Waals surface area contributed by atoms with E-state index in [0.717, 1.165) is 22.3 Å². The summed E-state index contributed by atoms with van der Waals surface area (Å²) in [5, 5.41) is 15.0. The van der Waals surface area contributed by atoms with Crippen LogP contribution in [0, 0.1) is 11.3 Å². The molecule has 0 spiro atoms. The van der Waals surface area contributed by atoms with E-state index in [1.807, 2.05) is 50.2 Å². The van der Waals surface area contributed by atoms with Crippen molar-refractivity contribution in [1.82, 2.24) is 10.6 Å². The number of alkyl carbamates (subject to hydrolysis) is 1. The van der Waals surface area contributed by atoms with E-state index in [4.69, 9.17) is 9.47 Å². The van der Waals surface area contributed by atoms with E-state index < -0.39 is 35.5 Å². The second-order valence-electron chi connectivity index (χ2n) is 9.95. The molecule has 3 atom stereocenters. The number of benzene rings is 2. The topological polar surface area (TPSA) is 114 Å². The summed E-state index contributed by atoms with van der Waals surface area (Å²) >= 11 is 0. The molecule has 2 aromatic rings. The van der Waals surface area contributed by atoms with Gasteiger partial charge in [0.25, 0.3) is 0 Å². The molecule has 3 N–H and O–H groups in total. The lowest BCUT2D eigenvalue weighted by Gasteiger charge is -2.28. The Balaban J connectivity index is 1.41. The maximum absolute atomic E-state index is 13.0. The Bertz CT molecular complexity index is 1070. The molecule has 4 rings (SSSR count). The first kappa shape index (κ1) is 24.7. The average Bonchev–Trinajstić information content (AvgIpc) is 3.35. The maximum atomic E-state index is 13.0. The highest BCUT2D eigenvalue weighted by Gasteiger charge is 2.48. The summed E-state index contributed by atoms with van der Waals surface area (Å²) in [5.74, 6) is -1.46. The Morgan fingerprint density at radius 2 is 1.69 bits per heavy atom. The Hall–Kier alpha value is -3.39. The Morgan fingerprint density at radius 1 is 1.09 bits per heavy atom. The summed E-state index contributed by atoms with van der Waals surface area (Å²) in [5.41, 5.74) is 3.25. The summed E-state index contributed by atoms with van der Waals surface area (Å²) in [6.07, 6.45) is -0.302. The van der Waals surface area contributed by atoms with Crippen molar-refractivity contribution in [2.75, 3.05) is 19.8 Å². The number of amides is 2. The van der Waals surface area contributed by atoms with Crippen LogP contribution in [0.3, 0.4) is 0 Å². The van der Waals surface area contributed by atoms with Gasteiger partial charge >= 0.3 is 12.1 Å². The molecule has 2 aliphatic rings. The molecule has 2 aromatic carbocycles. The van der Waals surface area contributed by atoms with Gasteiger partial charge in [0, 0.05) is 5.92 Å². The van der Waals surface area contributed by atoms with E-state index in [1.54, 1.807) is 6.92 Å². The van der Waals surface area contributed by atoms with Crippen LogP contribution in [-0.4, -0.2) is 55.0 Å². The third-order valence-corrected chi connectivity index (χ3v) is 6.92. The highest BCUT2D eigenvalue weighted by atomic mass is 16.5. The maximum Gasteiger partial charge on any atom is 0.407 e. The van der Waals surface area contributed by atoms with Crippen molar-refractivity contribution >= 4 is 18.0 Å². The zero-order valence-electron chi connectivity index (χ0n) is 20.2. The zero-order chi connectivity index (χ0) is 25.2. The fourth-order valence-corrected chi connectivity index (χ4v) is 4.84. The third-order valence-electron chi connectivity index (χ3n) is 6.92. The number of carbonyl (C=O) groups is 3. The zero-order valence-corrected chi connectivity index (χ0v) is 20.2. The minimum absolute atomic E-state index is 0.0158. The molecule has 1 heterocycles. The predicted molar refractivity (Wildman–Crippen MR) is 130 cm³/mol. The molecule has 35 heavy (non-hydrogen) atoms.